The number of benzene rings is 1. The van der Waals surface area contributed by atoms with Gasteiger partial charge >= 0.3 is 0 Å². The lowest BCUT2D eigenvalue weighted by Gasteiger charge is -2.21. The number of aliphatic imine (C=N–C) groups is 1. The summed E-state index contributed by atoms with van der Waals surface area (Å²) in [6.45, 7) is 10.6. The van der Waals surface area contributed by atoms with Gasteiger partial charge in [0.15, 0.2) is 0 Å². The van der Waals surface area contributed by atoms with Crippen LogP contribution in [0.15, 0.2) is 47.6 Å². The number of aryl methyl sites for hydroxylation is 1. The summed E-state index contributed by atoms with van der Waals surface area (Å²) >= 11 is 0. The molecule has 2 aromatic rings. The Bertz CT molecular complexity index is 646. The Morgan fingerprint density at radius 1 is 1.14 bits per heavy atom. The van der Waals surface area contributed by atoms with Gasteiger partial charge in [-0.25, -0.2) is 4.99 Å². The molecule has 0 saturated carbocycles. The molecular weight excluding hydrogens is 276 g/mol. The second kappa shape index (κ2) is 6.22. The average Bonchev–Trinajstić information content (AvgIpc) is 2.41. The largest absolute Gasteiger partial charge is 0.543 e. The topological polar surface area (TPSA) is 34.5 Å². The first-order valence-electron chi connectivity index (χ1n) is 7.11. The number of aromatic nitrogens is 1. The Kier molecular flexibility index (Phi) is 4.58. The fraction of sp³-hybridized carbons (Fsp3) is 0.294. The van der Waals surface area contributed by atoms with E-state index in [0.717, 1.165) is 22.8 Å². The van der Waals surface area contributed by atoms with E-state index < -0.39 is 8.32 Å². The summed E-state index contributed by atoms with van der Waals surface area (Å²) in [4.78, 5) is 9.04. The SMILES string of the molecule is C/C(=N/c1ccc(C)cc1O[Si](C)(C)C)c1ccccn1. The summed E-state index contributed by atoms with van der Waals surface area (Å²) in [5.41, 5.74) is 3.82. The maximum Gasteiger partial charge on any atom is 0.242 e. The Labute approximate surface area is 127 Å². The minimum Gasteiger partial charge on any atom is -0.543 e. The smallest absolute Gasteiger partial charge is 0.242 e. The summed E-state index contributed by atoms with van der Waals surface area (Å²) in [7, 11) is -1.67. The van der Waals surface area contributed by atoms with Crippen molar-refractivity contribution in [3.63, 3.8) is 0 Å². The van der Waals surface area contributed by atoms with E-state index in [0.29, 0.717) is 0 Å². The quantitative estimate of drug-likeness (QED) is 0.603. The zero-order valence-corrected chi connectivity index (χ0v) is 14.3. The molecule has 1 heterocycles. The van der Waals surface area contributed by atoms with Crippen molar-refractivity contribution >= 4 is 19.7 Å². The Morgan fingerprint density at radius 2 is 1.90 bits per heavy atom. The second-order valence-corrected chi connectivity index (χ2v) is 10.5. The maximum absolute atomic E-state index is 6.16. The van der Waals surface area contributed by atoms with Crippen molar-refractivity contribution < 1.29 is 4.43 Å². The lowest BCUT2D eigenvalue weighted by atomic mass is 10.2. The van der Waals surface area contributed by atoms with E-state index in [-0.39, 0.29) is 0 Å². The van der Waals surface area contributed by atoms with E-state index in [4.69, 9.17) is 9.42 Å². The molecular formula is C17H22N2OSi. The van der Waals surface area contributed by atoms with Gasteiger partial charge in [0.1, 0.15) is 11.4 Å². The van der Waals surface area contributed by atoms with Crippen LogP contribution in [-0.4, -0.2) is 19.0 Å². The van der Waals surface area contributed by atoms with Gasteiger partial charge in [-0.2, -0.15) is 0 Å². The molecule has 0 aliphatic carbocycles. The molecule has 0 spiro atoms. The molecule has 0 saturated heterocycles. The molecule has 0 atom stereocenters. The van der Waals surface area contributed by atoms with Crippen molar-refractivity contribution in [2.24, 2.45) is 4.99 Å². The number of hydrogen-bond acceptors (Lipinski definition) is 3. The van der Waals surface area contributed by atoms with Crippen molar-refractivity contribution in [3.05, 3.63) is 53.9 Å². The second-order valence-electron chi connectivity index (χ2n) is 6.10. The van der Waals surface area contributed by atoms with Gasteiger partial charge in [0.2, 0.25) is 8.32 Å². The first kappa shape index (κ1) is 15.4. The van der Waals surface area contributed by atoms with Gasteiger partial charge in [-0.15, -0.1) is 0 Å². The van der Waals surface area contributed by atoms with Gasteiger partial charge in [-0.3, -0.25) is 4.98 Å². The van der Waals surface area contributed by atoms with Crippen molar-refractivity contribution in [3.8, 4) is 5.75 Å². The molecule has 3 nitrogen and oxygen atoms in total. The number of rotatable bonds is 4. The highest BCUT2D eigenvalue weighted by molar-refractivity contribution is 6.70. The molecule has 0 amide bonds. The number of hydrogen-bond donors (Lipinski definition) is 0. The van der Waals surface area contributed by atoms with Crippen LogP contribution in [0.5, 0.6) is 5.75 Å². The highest BCUT2D eigenvalue weighted by atomic mass is 28.4. The average molecular weight is 298 g/mol. The zero-order valence-electron chi connectivity index (χ0n) is 13.3. The molecule has 0 radical (unpaired) electrons. The van der Waals surface area contributed by atoms with Crippen LogP contribution in [0, 0.1) is 6.92 Å². The highest BCUT2D eigenvalue weighted by Gasteiger charge is 2.18. The lowest BCUT2D eigenvalue weighted by Crippen LogP contribution is -2.29. The Balaban J connectivity index is 2.40. The van der Waals surface area contributed by atoms with Gasteiger partial charge in [0.05, 0.1) is 11.4 Å². The third-order valence-corrected chi connectivity index (χ3v) is 3.69. The van der Waals surface area contributed by atoms with Gasteiger partial charge < -0.3 is 4.43 Å². The fourth-order valence-corrected chi connectivity index (χ4v) is 2.76. The predicted octanol–water partition coefficient (Wildman–Crippen LogP) is 4.74. The third-order valence-electron chi connectivity index (χ3n) is 2.86. The molecule has 0 aliphatic heterocycles. The van der Waals surface area contributed by atoms with Gasteiger partial charge in [0.25, 0.3) is 0 Å². The summed E-state index contributed by atoms with van der Waals surface area (Å²) in [6, 6.07) is 12.0. The first-order valence-corrected chi connectivity index (χ1v) is 10.5. The lowest BCUT2D eigenvalue weighted by molar-refractivity contribution is 0.558. The third kappa shape index (κ3) is 4.53. The molecule has 1 aromatic heterocycles. The predicted molar refractivity (Wildman–Crippen MR) is 91.3 cm³/mol. The molecule has 0 fully saturated rings. The molecule has 4 heteroatoms. The van der Waals surface area contributed by atoms with Crippen LogP contribution >= 0.6 is 0 Å². The standard InChI is InChI=1S/C17H22N2OSi/c1-13-9-10-16(17(12-13)20-21(3,4)5)19-14(2)15-8-6-7-11-18-15/h6-12H,1-5H3/b19-14-. The van der Waals surface area contributed by atoms with Crippen LogP contribution in [0.25, 0.3) is 0 Å². The summed E-state index contributed by atoms with van der Waals surface area (Å²) < 4.78 is 6.16. The van der Waals surface area contributed by atoms with E-state index in [2.05, 4.69) is 43.7 Å². The zero-order chi connectivity index (χ0) is 15.5. The maximum atomic E-state index is 6.16. The molecule has 110 valence electrons. The van der Waals surface area contributed by atoms with Crippen LogP contribution < -0.4 is 4.43 Å². The van der Waals surface area contributed by atoms with E-state index in [9.17, 15) is 0 Å². The van der Waals surface area contributed by atoms with Crippen molar-refractivity contribution in [2.45, 2.75) is 33.5 Å². The first-order chi connectivity index (χ1) is 9.85. The minimum atomic E-state index is -1.67. The van der Waals surface area contributed by atoms with Crippen LogP contribution in [0.1, 0.15) is 18.2 Å². The van der Waals surface area contributed by atoms with Crippen LogP contribution in [0.4, 0.5) is 5.69 Å². The van der Waals surface area contributed by atoms with E-state index >= 15 is 0 Å². The molecule has 1 aromatic carbocycles. The highest BCUT2D eigenvalue weighted by Crippen LogP contribution is 2.31. The summed E-state index contributed by atoms with van der Waals surface area (Å²) in [5, 5.41) is 0. The molecule has 0 bridgehead atoms. The van der Waals surface area contributed by atoms with Crippen LogP contribution in [0.2, 0.25) is 19.6 Å². The number of nitrogens with zero attached hydrogens (tertiary/aromatic N) is 2. The Hall–Kier alpha value is -1.94. The fourth-order valence-electron chi connectivity index (χ4n) is 1.94. The Morgan fingerprint density at radius 3 is 2.52 bits per heavy atom. The van der Waals surface area contributed by atoms with Gasteiger partial charge in [0, 0.05) is 6.20 Å². The van der Waals surface area contributed by atoms with E-state index in [1.165, 1.54) is 5.56 Å². The van der Waals surface area contributed by atoms with E-state index in [1.807, 2.05) is 31.2 Å². The molecule has 0 aliphatic rings. The molecule has 0 N–H and O–H groups in total. The normalized spacial score (nSPS) is 12.3. The van der Waals surface area contributed by atoms with E-state index in [1.54, 1.807) is 6.20 Å². The van der Waals surface area contributed by atoms with Gasteiger partial charge in [-0.1, -0.05) is 12.1 Å². The van der Waals surface area contributed by atoms with Gasteiger partial charge in [-0.05, 0) is 63.3 Å². The number of pyridine rings is 1. The molecule has 0 unspecified atom stereocenters. The van der Waals surface area contributed by atoms with Crippen molar-refractivity contribution in [2.75, 3.05) is 0 Å². The monoisotopic (exact) mass is 298 g/mol. The molecule has 21 heavy (non-hydrogen) atoms. The van der Waals surface area contributed by atoms with Crippen LogP contribution in [0.3, 0.4) is 0 Å². The van der Waals surface area contributed by atoms with Crippen molar-refractivity contribution in [1.82, 2.24) is 4.98 Å². The van der Waals surface area contributed by atoms with Crippen molar-refractivity contribution in [1.29, 1.82) is 0 Å². The minimum absolute atomic E-state index is 0.865. The summed E-state index contributed by atoms with van der Waals surface area (Å²) in [5.74, 6) is 0.865. The van der Waals surface area contributed by atoms with Crippen LogP contribution in [-0.2, 0) is 0 Å². The molecule has 2 rings (SSSR count). The summed E-state index contributed by atoms with van der Waals surface area (Å²) in [6.07, 6.45) is 1.78.